The summed E-state index contributed by atoms with van der Waals surface area (Å²) in [5.74, 6) is 0. The summed E-state index contributed by atoms with van der Waals surface area (Å²) in [6, 6.07) is 63.7. The quantitative estimate of drug-likeness (QED) is 0.0945. The summed E-state index contributed by atoms with van der Waals surface area (Å²) in [6.07, 6.45) is 10.1. The van der Waals surface area contributed by atoms with Gasteiger partial charge >= 0.3 is 223 Å². The van der Waals surface area contributed by atoms with E-state index in [4.69, 9.17) is 0 Å². The zero-order valence-electron chi connectivity index (χ0n) is 62.2. The van der Waals surface area contributed by atoms with Crippen molar-refractivity contribution < 1.29 is 0 Å². The third kappa shape index (κ3) is 17.5. The van der Waals surface area contributed by atoms with Gasteiger partial charge in [-0.1, -0.05) is 215 Å². The number of rotatable bonds is 11. The topological polar surface area (TPSA) is 13.0 Å². The molecule has 104 heavy (non-hydrogen) atoms. The SMILES string of the molecule is C.Cc1cc(N(c2ccc(C(C)(C)C)cc2)c2ccc(C(C)(C)C)cc2)cc(N2c3ccccc3C3(C)CCCCC23C)c1.Cc1cc2c3c(c1)N1c4c(cccc4C4(C)CCCCC14C)B3c1cc(C(C)(C)C)ccc1N2c1ccc(C(C)(C)C)cc1.II(I)I(I)I(I)I(I)I(I)I(I)I(I)I. The van der Waals surface area contributed by atoms with Crippen molar-refractivity contribution in [3.8, 4) is 0 Å². The molecule has 6 aliphatic rings. The van der Waals surface area contributed by atoms with Gasteiger partial charge in [0.1, 0.15) is 0 Å². The summed E-state index contributed by atoms with van der Waals surface area (Å²) in [5.41, 5.74) is 29.4. The Morgan fingerprint density at radius 2 is 0.808 bits per heavy atom. The van der Waals surface area contributed by atoms with E-state index in [1.54, 1.807) is 5.56 Å². The van der Waals surface area contributed by atoms with Crippen LogP contribution < -0.4 is 36.0 Å². The molecule has 0 bridgehead atoms. The summed E-state index contributed by atoms with van der Waals surface area (Å²) < 4.78 is 0. The van der Waals surface area contributed by atoms with Crippen molar-refractivity contribution >= 4 is 303 Å². The Bertz CT molecular complexity index is 4360. The van der Waals surface area contributed by atoms with Crippen LogP contribution in [0.1, 0.15) is 214 Å². The fourth-order valence-electron chi connectivity index (χ4n) is 17.2. The van der Waals surface area contributed by atoms with Gasteiger partial charge in [-0.25, -0.2) is 0 Å². The molecule has 8 aromatic rings. The van der Waals surface area contributed by atoms with Gasteiger partial charge in [-0.15, -0.1) is 0 Å². The third-order valence-corrected chi connectivity index (χ3v) is 1010. The number of halogens is 16. The van der Waals surface area contributed by atoms with Gasteiger partial charge < -0.3 is 19.6 Å². The first-order valence-electron chi connectivity index (χ1n) is 35.3. The maximum absolute atomic E-state index is 3.08. The van der Waals surface area contributed by atoms with Crippen molar-refractivity contribution in [2.24, 2.45) is 0 Å². The van der Waals surface area contributed by atoms with Gasteiger partial charge in [-0.2, -0.15) is 0 Å². The molecule has 0 radical (unpaired) electrons. The number of hydrogen-bond acceptors (Lipinski definition) is 4. The Balaban J connectivity index is 0.000000172. The average molecular weight is 3200 g/mol. The monoisotopic (exact) mass is 3200 g/mol. The van der Waals surface area contributed by atoms with Crippen LogP contribution >= 0.6 is 223 Å². The molecule has 2 fully saturated rings. The van der Waals surface area contributed by atoms with Crippen molar-refractivity contribution in [3.63, 3.8) is 0 Å². The van der Waals surface area contributed by atoms with E-state index in [0.29, 0.717) is 0 Å². The average Bonchev–Trinajstić information content (AvgIpc) is 1.46. The van der Waals surface area contributed by atoms with Gasteiger partial charge in [0.25, 0.3) is 6.71 Å². The molecule has 0 amide bonds. The van der Waals surface area contributed by atoms with Crippen molar-refractivity contribution in [3.05, 3.63) is 208 Å². The van der Waals surface area contributed by atoms with Crippen LogP contribution in [0, 0.1) is 13.8 Å². The number of anilines is 10. The second-order valence-corrected chi connectivity index (χ2v) is 375. The molecular formula is C83H101BI16N4. The van der Waals surface area contributed by atoms with Crippen LogP contribution in [0.3, 0.4) is 0 Å². The Morgan fingerprint density at radius 1 is 0.375 bits per heavy atom. The van der Waals surface area contributed by atoms with Gasteiger partial charge in [-0.3, -0.25) is 0 Å². The Labute approximate surface area is 741 Å². The van der Waals surface area contributed by atoms with Crippen LogP contribution in [0.15, 0.2) is 164 Å². The number of hydrogen-bond donors (Lipinski definition) is 0. The molecule has 21 heteroatoms. The van der Waals surface area contributed by atoms with E-state index in [1.165, 1.54) is 164 Å². The number of nitrogens with zero attached hydrogens (tertiary/aromatic N) is 4. The van der Waals surface area contributed by atoms with E-state index in [0.717, 1.165) is 0 Å². The number of fused-ring (bicyclic) bond motifs is 10. The number of para-hydroxylation sites is 2. The van der Waals surface area contributed by atoms with E-state index < -0.39 is 15.8 Å². The molecule has 0 spiro atoms. The molecule has 568 valence electrons. The van der Waals surface area contributed by atoms with Gasteiger partial charge in [0, 0.05) is 67.7 Å². The van der Waals surface area contributed by atoms with Gasteiger partial charge in [0.2, 0.25) is 0 Å². The Hall–Kier alpha value is 4.70. The molecule has 4 nitrogen and oxygen atoms in total. The number of benzene rings is 8. The fraction of sp³-hybridized carbons (Fsp3) is 0.422. The summed E-state index contributed by atoms with van der Waals surface area (Å²) in [6.45, 7) is 42.6. The van der Waals surface area contributed by atoms with Crippen LogP contribution in [0.25, 0.3) is 0 Å². The summed E-state index contributed by atoms with van der Waals surface area (Å²) >= 11 is 26.7. The molecular weight excluding hydrogens is 3090 g/mol. The molecule has 4 aliphatic heterocycles. The van der Waals surface area contributed by atoms with E-state index in [-0.39, 0.29) is 97.2 Å². The minimum atomic E-state index is -0.414. The van der Waals surface area contributed by atoms with Crippen LogP contribution in [0.2, 0.25) is 0 Å². The van der Waals surface area contributed by atoms with Crippen molar-refractivity contribution in [2.45, 2.75) is 227 Å². The molecule has 2 aliphatic carbocycles. The molecule has 0 aromatic heterocycles. The standard InChI is InChI=1S/C41H47BN2.C41H50N2.CH4.I16/c1-26-23-34-36-35(24-26)44-37-30(40(8)21-10-11-22-41(40,44)9)13-12-14-31(37)42(36)32-25-28(39(5,6)7)17-20-33(32)43(34)29-18-15-27(16-19-29)38(2,3)4;1-29-26-34(28-35(27-29)43-37-15-11-10-14-36(37)40(8)24-12-13-25-41(40,43)9)42(32-20-16-30(17-21-32)38(2,3)4)33-22-18-31(19-23-33)39(5,6)7;;1-10(2)12(5)14(7)16(9)15(8)13(6)11(3)4/h12-20,23-25H,10-11,21-22H2,1-9H3;10-11,14-23,26-28H,12-13,24-25H2,1-9H3;1H4;. The molecule has 4 unspecified atom stereocenters. The number of aryl methyl sites for hydroxylation is 2. The zero-order valence-corrected chi connectivity index (χ0v) is 96.7. The van der Waals surface area contributed by atoms with Gasteiger partial charge in [0.15, 0.2) is 0 Å². The van der Waals surface area contributed by atoms with E-state index >= 15 is 0 Å². The van der Waals surface area contributed by atoms with Crippen molar-refractivity contribution in [2.75, 3.05) is 19.6 Å². The first kappa shape index (κ1) is 89.5. The fourth-order valence-corrected chi connectivity index (χ4v) is 2110. The first-order chi connectivity index (χ1) is 48.2. The van der Waals surface area contributed by atoms with Crippen LogP contribution in [-0.4, -0.2) is 17.8 Å². The predicted molar refractivity (Wildman–Crippen MR) is 608 cm³/mol. The normalized spacial score (nSPS) is 21.5. The Morgan fingerprint density at radius 3 is 1.32 bits per heavy atom. The van der Waals surface area contributed by atoms with Gasteiger partial charge in [0.05, 0.1) is 11.1 Å². The molecule has 0 N–H and O–H groups in total. The summed E-state index contributed by atoms with van der Waals surface area (Å²) in [7, 11) is -2.63. The van der Waals surface area contributed by atoms with Crippen LogP contribution in [-0.2, 0) is 32.5 Å². The molecule has 8 aromatic carbocycles. The van der Waals surface area contributed by atoms with Crippen molar-refractivity contribution in [1.29, 1.82) is 0 Å². The minimum absolute atomic E-state index is 0. The summed E-state index contributed by atoms with van der Waals surface area (Å²) in [5, 5.41) is 0. The molecule has 2 saturated carbocycles. The Kier molecular flexibility index (Phi) is 30.3. The second kappa shape index (κ2) is 35.2. The van der Waals surface area contributed by atoms with E-state index in [2.05, 4.69) is 476 Å². The van der Waals surface area contributed by atoms with Gasteiger partial charge in [-0.05, 0) is 215 Å². The molecule has 14 rings (SSSR count). The third-order valence-electron chi connectivity index (χ3n) is 23.0. The predicted octanol–water partition coefficient (Wildman–Crippen LogP) is 35.6. The second-order valence-electron chi connectivity index (χ2n) is 33.5. The van der Waals surface area contributed by atoms with E-state index in [1.807, 2.05) is 0 Å². The first-order valence-corrected chi connectivity index (χ1v) is 130. The van der Waals surface area contributed by atoms with Crippen molar-refractivity contribution in [1.82, 2.24) is 0 Å². The zero-order chi connectivity index (χ0) is 74.8. The maximum atomic E-state index is 3.08. The van der Waals surface area contributed by atoms with Crippen LogP contribution in [0.5, 0.6) is 0 Å². The van der Waals surface area contributed by atoms with E-state index in [9.17, 15) is 0 Å². The van der Waals surface area contributed by atoms with Crippen LogP contribution in [0.4, 0.5) is 56.9 Å². The molecule has 4 heterocycles. The molecule has 4 atom stereocenters. The molecule has 0 saturated heterocycles. The summed E-state index contributed by atoms with van der Waals surface area (Å²) in [4.78, 5) is 10.5.